The predicted octanol–water partition coefficient (Wildman–Crippen LogP) is 8.51. The summed E-state index contributed by atoms with van der Waals surface area (Å²) in [6.45, 7) is 5.21. The van der Waals surface area contributed by atoms with Gasteiger partial charge in [0.1, 0.15) is 17.5 Å². The topological polar surface area (TPSA) is 104 Å². The van der Waals surface area contributed by atoms with Crippen molar-refractivity contribution in [2.45, 2.75) is 26.2 Å². The third-order valence-corrected chi connectivity index (χ3v) is 11.7. The first-order valence-electron chi connectivity index (χ1n) is 17.4. The first kappa shape index (κ1) is 35.8. The summed E-state index contributed by atoms with van der Waals surface area (Å²) in [6.07, 6.45) is 4.08. The number of amides is 3. The lowest BCUT2D eigenvalue weighted by Crippen LogP contribution is -2.59. The predicted molar refractivity (Wildman–Crippen MR) is 202 cm³/mol. The van der Waals surface area contributed by atoms with Crippen LogP contribution in [-0.2, 0) is 11.2 Å². The molecular formula is C40H33ClF3N5O4S. The number of hydrogen-bond acceptors (Lipinski definition) is 7. The lowest BCUT2D eigenvalue weighted by Gasteiger charge is -2.53. The summed E-state index contributed by atoms with van der Waals surface area (Å²) in [5.74, 6) is -3.13. The first-order valence-corrected chi connectivity index (χ1v) is 18.6. The normalized spacial score (nSPS) is 15.9. The van der Waals surface area contributed by atoms with E-state index < -0.39 is 23.4 Å². The number of carbonyl (C=O) groups is 3. The first-order chi connectivity index (χ1) is 26.0. The number of halogens is 4. The van der Waals surface area contributed by atoms with E-state index in [1.807, 2.05) is 13.0 Å². The quantitative estimate of drug-likeness (QED) is 0.180. The van der Waals surface area contributed by atoms with Crippen molar-refractivity contribution >= 4 is 63.5 Å². The van der Waals surface area contributed by atoms with E-state index >= 15 is 0 Å². The largest absolute Gasteiger partial charge is 0.381 e. The minimum Gasteiger partial charge on any atom is -0.381 e. The number of benzene rings is 3. The average molecular weight is 772 g/mol. The molecule has 3 amide bonds. The molecule has 2 aromatic heterocycles. The number of nitrogens with zero attached hydrogens (tertiary/aromatic N) is 3. The third-order valence-electron chi connectivity index (χ3n) is 10.2. The van der Waals surface area contributed by atoms with Gasteiger partial charge in [-0.3, -0.25) is 14.4 Å². The van der Waals surface area contributed by atoms with Gasteiger partial charge in [-0.05, 0) is 98.0 Å². The number of rotatable bonds is 6. The zero-order valence-electron chi connectivity index (χ0n) is 29.0. The van der Waals surface area contributed by atoms with Crippen molar-refractivity contribution in [1.29, 1.82) is 0 Å². The summed E-state index contributed by atoms with van der Waals surface area (Å²) in [5, 5.41) is 5.08. The van der Waals surface area contributed by atoms with E-state index in [0.717, 1.165) is 67.7 Å². The number of fused-ring (bicyclic) bond motifs is 3. The lowest BCUT2D eigenvalue weighted by atomic mass is 9.73. The molecule has 2 N–H and O–H groups in total. The molecule has 9 nitrogen and oxygen atoms in total. The molecule has 0 radical (unpaired) electrons. The summed E-state index contributed by atoms with van der Waals surface area (Å²) >= 11 is 7.09. The summed E-state index contributed by atoms with van der Waals surface area (Å²) in [6, 6.07) is 15.6. The van der Waals surface area contributed by atoms with Crippen molar-refractivity contribution in [1.82, 2.24) is 4.98 Å². The zero-order valence-corrected chi connectivity index (χ0v) is 30.6. The molecule has 54 heavy (non-hydrogen) atoms. The number of aromatic nitrogens is 1. The van der Waals surface area contributed by atoms with Gasteiger partial charge in [0.05, 0.1) is 26.8 Å². The molecule has 276 valence electrons. The number of anilines is 4. The standard InChI is InChI=1S/C40H33ClF3N5O4S/c1-22-14-29(36(45-19-22)48-20-40(21-48)9-12-53-13-10-40)37(50)46-27-5-2-23(3-6-27)39(52)49-11-8-24-15-33(54-35(24)28-7-4-25(42)18-32(28)49)38(51)47-34-30(41)16-26(43)17-31(34)44/h2-7,14-19H,8-13,20-21H2,1H3,(H,46,50)(H,47,51). The van der Waals surface area contributed by atoms with Gasteiger partial charge >= 0.3 is 0 Å². The molecule has 0 unspecified atom stereocenters. The second-order valence-electron chi connectivity index (χ2n) is 13.9. The van der Waals surface area contributed by atoms with Gasteiger partial charge in [-0.15, -0.1) is 11.3 Å². The SMILES string of the molecule is Cc1cnc(N2CC3(CCOCC3)C2)c(C(=O)Nc2ccc(C(=O)N3CCc4cc(C(=O)Nc5c(F)cc(F)cc5Cl)sc4-c4ccc(F)cc43)cc2)c1. The molecule has 14 heteroatoms. The lowest BCUT2D eigenvalue weighted by molar-refractivity contribution is -0.000511. The van der Waals surface area contributed by atoms with Crippen LogP contribution in [0.5, 0.6) is 0 Å². The number of thiophene rings is 1. The molecule has 3 aliphatic heterocycles. The fraction of sp³-hybridized carbons (Fsp3) is 0.250. The molecule has 3 aliphatic rings. The van der Waals surface area contributed by atoms with Crippen LogP contribution in [0.1, 0.15) is 54.4 Å². The number of ether oxygens (including phenoxy) is 1. The summed E-state index contributed by atoms with van der Waals surface area (Å²) in [7, 11) is 0. The maximum Gasteiger partial charge on any atom is 0.265 e. The highest BCUT2D eigenvalue weighted by molar-refractivity contribution is 7.17. The molecule has 0 saturated carbocycles. The van der Waals surface area contributed by atoms with Crippen LogP contribution in [0.15, 0.2) is 72.9 Å². The maximum atomic E-state index is 14.7. The molecular weight excluding hydrogens is 739 g/mol. The van der Waals surface area contributed by atoms with Gasteiger partial charge in [0, 0.05) is 72.2 Å². The summed E-state index contributed by atoms with van der Waals surface area (Å²) in [5.41, 5.74) is 3.62. The second-order valence-corrected chi connectivity index (χ2v) is 15.4. The van der Waals surface area contributed by atoms with Crippen LogP contribution in [0, 0.1) is 29.8 Å². The van der Waals surface area contributed by atoms with Crippen LogP contribution >= 0.6 is 22.9 Å². The van der Waals surface area contributed by atoms with Crippen molar-refractivity contribution in [3.05, 3.63) is 123 Å². The molecule has 5 heterocycles. The van der Waals surface area contributed by atoms with Crippen LogP contribution in [0.4, 0.5) is 36.1 Å². The van der Waals surface area contributed by atoms with E-state index in [9.17, 15) is 27.6 Å². The van der Waals surface area contributed by atoms with Crippen molar-refractivity contribution in [2.75, 3.05) is 53.3 Å². The van der Waals surface area contributed by atoms with E-state index in [2.05, 4.69) is 20.5 Å². The summed E-state index contributed by atoms with van der Waals surface area (Å²) in [4.78, 5) is 49.9. The maximum absolute atomic E-state index is 14.7. The van der Waals surface area contributed by atoms with Gasteiger partial charge in [-0.1, -0.05) is 11.6 Å². The number of hydrogen-bond donors (Lipinski definition) is 2. The Hall–Kier alpha value is -5.24. The number of aryl methyl sites for hydroxylation is 1. The zero-order chi connectivity index (χ0) is 37.7. The van der Waals surface area contributed by atoms with Crippen molar-refractivity contribution in [3.8, 4) is 10.4 Å². The van der Waals surface area contributed by atoms with Gasteiger partial charge in [0.25, 0.3) is 17.7 Å². The van der Waals surface area contributed by atoms with Crippen LogP contribution in [0.3, 0.4) is 0 Å². The number of nitrogens with one attached hydrogen (secondary N) is 2. The minimum atomic E-state index is -1.01. The molecule has 2 saturated heterocycles. The summed E-state index contributed by atoms with van der Waals surface area (Å²) < 4.78 is 48.2. The highest BCUT2D eigenvalue weighted by Crippen LogP contribution is 2.44. The highest BCUT2D eigenvalue weighted by Gasteiger charge is 2.45. The molecule has 0 atom stereocenters. The van der Waals surface area contributed by atoms with Gasteiger partial charge in [0.2, 0.25) is 0 Å². The second kappa shape index (κ2) is 14.2. The third kappa shape index (κ3) is 6.83. The number of carbonyl (C=O) groups excluding carboxylic acids is 3. The Labute approximate surface area is 317 Å². The van der Waals surface area contributed by atoms with Crippen molar-refractivity contribution < 1.29 is 32.3 Å². The Morgan fingerprint density at radius 2 is 1.67 bits per heavy atom. The van der Waals surface area contributed by atoms with Crippen LogP contribution in [0.2, 0.25) is 5.02 Å². The van der Waals surface area contributed by atoms with Crippen LogP contribution < -0.4 is 20.4 Å². The molecule has 8 rings (SSSR count). The molecule has 3 aromatic carbocycles. The Bertz CT molecular complexity index is 2300. The fourth-order valence-corrected chi connectivity index (χ4v) is 8.72. The van der Waals surface area contributed by atoms with Gasteiger partial charge < -0.3 is 25.2 Å². The smallest absolute Gasteiger partial charge is 0.265 e. The Morgan fingerprint density at radius 1 is 0.907 bits per heavy atom. The molecule has 0 aliphatic carbocycles. The highest BCUT2D eigenvalue weighted by atomic mass is 35.5. The fourth-order valence-electron chi connectivity index (χ4n) is 7.34. The van der Waals surface area contributed by atoms with E-state index in [1.54, 1.807) is 42.6 Å². The Kier molecular flexibility index (Phi) is 9.41. The average Bonchev–Trinajstić information content (AvgIpc) is 3.50. The van der Waals surface area contributed by atoms with E-state index in [0.29, 0.717) is 51.2 Å². The van der Waals surface area contributed by atoms with Gasteiger partial charge in [0.15, 0.2) is 5.82 Å². The van der Waals surface area contributed by atoms with Gasteiger partial charge in [-0.25, -0.2) is 18.2 Å². The molecule has 2 fully saturated rings. The number of pyridine rings is 1. The van der Waals surface area contributed by atoms with Gasteiger partial charge in [-0.2, -0.15) is 0 Å². The van der Waals surface area contributed by atoms with Crippen molar-refractivity contribution in [3.63, 3.8) is 0 Å². The Morgan fingerprint density at radius 3 is 2.41 bits per heavy atom. The monoisotopic (exact) mass is 771 g/mol. The van der Waals surface area contributed by atoms with Crippen molar-refractivity contribution in [2.24, 2.45) is 5.41 Å². The Balaban J connectivity index is 0.990. The van der Waals surface area contributed by atoms with Crippen LogP contribution in [0.25, 0.3) is 10.4 Å². The molecule has 5 aromatic rings. The molecule has 0 bridgehead atoms. The van der Waals surface area contributed by atoms with E-state index in [-0.39, 0.29) is 39.4 Å². The minimum absolute atomic E-state index is 0.172. The van der Waals surface area contributed by atoms with E-state index in [1.165, 1.54) is 17.0 Å². The van der Waals surface area contributed by atoms with E-state index in [4.69, 9.17) is 16.3 Å². The van der Waals surface area contributed by atoms with Crippen LogP contribution in [-0.4, -0.2) is 55.6 Å². The molecule has 1 spiro atoms.